The standard InChI is InChI=1S/C19H27N3O5S/c23-17(21-6-9-25-10-7-21)12-26-15-1-8-27-19(11-15)2-4-22(5-3-19)18(24)16-13-28-14-20-16/h13-15H,1-12H2. The molecule has 3 aliphatic rings. The number of hydrogen-bond donors (Lipinski definition) is 0. The summed E-state index contributed by atoms with van der Waals surface area (Å²) in [6, 6.07) is 0. The third-order valence-electron chi connectivity index (χ3n) is 5.87. The van der Waals surface area contributed by atoms with Crippen LogP contribution in [0, 0.1) is 0 Å². The van der Waals surface area contributed by atoms with Gasteiger partial charge in [-0.3, -0.25) is 9.59 Å². The lowest BCUT2D eigenvalue weighted by atomic mass is 9.83. The van der Waals surface area contributed by atoms with Gasteiger partial charge in [-0.25, -0.2) is 4.98 Å². The average Bonchev–Trinajstić information content (AvgIpc) is 3.28. The number of aromatic nitrogens is 1. The molecule has 3 fully saturated rings. The van der Waals surface area contributed by atoms with E-state index in [9.17, 15) is 9.59 Å². The summed E-state index contributed by atoms with van der Waals surface area (Å²) in [7, 11) is 0. The average molecular weight is 410 g/mol. The fourth-order valence-electron chi connectivity index (χ4n) is 4.16. The van der Waals surface area contributed by atoms with Gasteiger partial charge in [0.15, 0.2) is 0 Å². The molecule has 4 heterocycles. The zero-order chi connectivity index (χ0) is 19.4. The number of carbonyl (C=O) groups excluding carboxylic acids is 2. The second-order valence-corrected chi connectivity index (χ2v) is 8.34. The first-order chi connectivity index (χ1) is 13.7. The molecule has 4 rings (SSSR count). The number of carbonyl (C=O) groups is 2. The molecule has 3 saturated heterocycles. The van der Waals surface area contributed by atoms with Gasteiger partial charge in [-0.05, 0) is 19.3 Å². The lowest BCUT2D eigenvalue weighted by Crippen LogP contribution is -2.52. The van der Waals surface area contributed by atoms with E-state index in [0.29, 0.717) is 51.7 Å². The summed E-state index contributed by atoms with van der Waals surface area (Å²) in [4.78, 5) is 32.6. The first kappa shape index (κ1) is 19.8. The number of thiazole rings is 1. The van der Waals surface area contributed by atoms with Gasteiger partial charge in [0.25, 0.3) is 5.91 Å². The fraction of sp³-hybridized carbons (Fsp3) is 0.737. The van der Waals surface area contributed by atoms with Gasteiger partial charge < -0.3 is 24.0 Å². The lowest BCUT2D eigenvalue weighted by molar-refractivity contribution is -0.163. The molecule has 3 aliphatic heterocycles. The predicted octanol–water partition coefficient (Wildman–Crippen LogP) is 1.17. The Balaban J connectivity index is 1.25. The number of hydrogen-bond acceptors (Lipinski definition) is 7. The Hall–Kier alpha value is -1.55. The quantitative estimate of drug-likeness (QED) is 0.743. The fourth-order valence-corrected chi connectivity index (χ4v) is 4.69. The molecule has 0 radical (unpaired) electrons. The van der Waals surface area contributed by atoms with E-state index in [1.165, 1.54) is 11.3 Å². The summed E-state index contributed by atoms with van der Waals surface area (Å²) in [6.45, 7) is 4.56. The Kier molecular flexibility index (Phi) is 6.25. The minimum absolute atomic E-state index is 0.00387. The highest BCUT2D eigenvalue weighted by Crippen LogP contribution is 2.36. The van der Waals surface area contributed by atoms with Crippen molar-refractivity contribution in [2.24, 2.45) is 0 Å². The van der Waals surface area contributed by atoms with Gasteiger partial charge in [0.05, 0.1) is 30.4 Å². The van der Waals surface area contributed by atoms with Crippen LogP contribution in [0.2, 0.25) is 0 Å². The molecule has 1 spiro atoms. The van der Waals surface area contributed by atoms with Crippen LogP contribution < -0.4 is 0 Å². The van der Waals surface area contributed by atoms with Crippen molar-refractivity contribution in [3.05, 3.63) is 16.6 Å². The predicted molar refractivity (Wildman–Crippen MR) is 102 cm³/mol. The minimum Gasteiger partial charge on any atom is -0.378 e. The van der Waals surface area contributed by atoms with Crippen molar-refractivity contribution in [2.75, 3.05) is 52.6 Å². The van der Waals surface area contributed by atoms with Crippen LogP contribution in [0.5, 0.6) is 0 Å². The number of likely N-dealkylation sites (tertiary alicyclic amines) is 1. The molecule has 154 valence electrons. The normalized spacial score (nSPS) is 25.1. The SMILES string of the molecule is O=C(COC1CCOC2(CCN(C(=O)c3cscn3)CC2)C1)N1CCOCC1. The van der Waals surface area contributed by atoms with Gasteiger partial charge in [-0.2, -0.15) is 0 Å². The monoisotopic (exact) mass is 409 g/mol. The van der Waals surface area contributed by atoms with E-state index in [2.05, 4.69) is 4.98 Å². The summed E-state index contributed by atoms with van der Waals surface area (Å²) in [6.07, 6.45) is 3.20. The van der Waals surface area contributed by atoms with Crippen molar-refractivity contribution in [3.63, 3.8) is 0 Å². The smallest absolute Gasteiger partial charge is 0.273 e. The second kappa shape index (κ2) is 8.86. The maximum Gasteiger partial charge on any atom is 0.273 e. The summed E-state index contributed by atoms with van der Waals surface area (Å²) < 4.78 is 17.4. The summed E-state index contributed by atoms with van der Waals surface area (Å²) in [5.41, 5.74) is 1.96. The van der Waals surface area contributed by atoms with E-state index in [-0.39, 0.29) is 30.1 Å². The van der Waals surface area contributed by atoms with Crippen molar-refractivity contribution in [1.29, 1.82) is 0 Å². The van der Waals surface area contributed by atoms with Crippen molar-refractivity contribution >= 4 is 23.2 Å². The number of piperidine rings is 1. The van der Waals surface area contributed by atoms with E-state index < -0.39 is 0 Å². The highest BCUT2D eigenvalue weighted by Gasteiger charge is 2.42. The third-order valence-corrected chi connectivity index (χ3v) is 6.45. The van der Waals surface area contributed by atoms with Gasteiger partial charge in [0.1, 0.15) is 12.3 Å². The Morgan fingerprint density at radius 1 is 1.18 bits per heavy atom. The molecule has 1 atom stereocenters. The first-order valence-electron chi connectivity index (χ1n) is 9.94. The van der Waals surface area contributed by atoms with Crippen LogP contribution in [-0.4, -0.2) is 90.9 Å². The van der Waals surface area contributed by atoms with E-state index in [1.807, 2.05) is 4.90 Å². The Morgan fingerprint density at radius 3 is 2.68 bits per heavy atom. The van der Waals surface area contributed by atoms with Crippen LogP contribution in [-0.2, 0) is 19.0 Å². The highest BCUT2D eigenvalue weighted by atomic mass is 32.1. The number of amides is 2. The molecule has 1 aromatic heterocycles. The first-order valence-corrected chi connectivity index (χ1v) is 10.9. The van der Waals surface area contributed by atoms with Gasteiger partial charge in [0.2, 0.25) is 5.91 Å². The maximum atomic E-state index is 12.5. The van der Waals surface area contributed by atoms with Crippen LogP contribution >= 0.6 is 11.3 Å². The van der Waals surface area contributed by atoms with Crippen LogP contribution in [0.15, 0.2) is 10.9 Å². The molecular weight excluding hydrogens is 382 g/mol. The number of ether oxygens (including phenoxy) is 3. The topological polar surface area (TPSA) is 81.2 Å². The Labute approximate surface area is 168 Å². The molecule has 0 aromatic carbocycles. The largest absolute Gasteiger partial charge is 0.378 e. The zero-order valence-corrected chi connectivity index (χ0v) is 16.8. The molecular formula is C19H27N3O5S. The van der Waals surface area contributed by atoms with E-state index in [4.69, 9.17) is 14.2 Å². The summed E-state index contributed by atoms with van der Waals surface area (Å²) in [5.74, 6) is 0.0309. The zero-order valence-electron chi connectivity index (χ0n) is 16.0. The van der Waals surface area contributed by atoms with Crippen molar-refractivity contribution in [2.45, 2.75) is 37.4 Å². The Morgan fingerprint density at radius 2 is 1.96 bits per heavy atom. The lowest BCUT2D eigenvalue weighted by Gasteiger charge is -2.46. The van der Waals surface area contributed by atoms with Crippen LogP contribution in [0.3, 0.4) is 0 Å². The third kappa shape index (κ3) is 4.53. The molecule has 9 heteroatoms. The van der Waals surface area contributed by atoms with E-state index in [0.717, 1.165) is 25.7 Å². The van der Waals surface area contributed by atoms with Crippen LogP contribution in [0.1, 0.15) is 36.2 Å². The molecule has 0 saturated carbocycles. The molecule has 8 nitrogen and oxygen atoms in total. The summed E-state index contributed by atoms with van der Waals surface area (Å²) in [5, 5.41) is 1.79. The van der Waals surface area contributed by atoms with Gasteiger partial charge in [0, 0.05) is 44.6 Å². The number of nitrogens with zero attached hydrogens (tertiary/aromatic N) is 3. The molecule has 28 heavy (non-hydrogen) atoms. The molecule has 0 N–H and O–H groups in total. The second-order valence-electron chi connectivity index (χ2n) is 7.62. The number of morpholine rings is 1. The number of rotatable bonds is 4. The van der Waals surface area contributed by atoms with Crippen molar-refractivity contribution in [3.8, 4) is 0 Å². The molecule has 2 amide bonds. The van der Waals surface area contributed by atoms with Gasteiger partial charge in [-0.15, -0.1) is 11.3 Å². The van der Waals surface area contributed by atoms with Crippen molar-refractivity contribution < 1.29 is 23.8 Å². The molecule has 0 bridgehead atoms. The van der Waals surface area contributed by atoms with Gasteiger partial charge in [-0.1, -0.05) is 0 Å². The van der Waals surface area contributed by atoms with Crippen LogP contribution in [0.4, 0.5) is 0 Å². The molecule has 0 aliphatic carbocycles. The summed E-state index contributed by atoms with van der Waals surface area (Å²) >= 11 is 1.43. The van der Waals surface area contributed by atoms with Crippen LogP contribution in [0.25, 0.3) is 0 Å². The van der Waals surface area contributed by atoms with E-state index >= 15 is 0 Å². The molecule has 1 aromatic rings. The minimum atomic E-state index is -0.246. The van der Waals surface area contributed by atoms with Gasteiger partial charge >= 0.3 is 0 Å². The van der Waals surface area contributed by atoms with Crippen molar-refractivity contribution in [1.82, 2.24) is 14.8 Å². The molecule has 1 unspecified atom stereocenters. The maximum absolute atomic E-state index is 12.5. The Bertz CT molecular complexity index is 669. The van der Waals surface area contributed by atoms with E-state index in [1.54, 1.807) is 15.8 Å². The highest BCUT2D eigenvalue weighted by molar-refractivity contribution is 7.07.